The molecule has 0 amide bonds. The minimum atomic E-state index is -0.197. The van der Waals surface area contributed by atoms with Gasteiger partial charge in [0, 0.05) is 27.7 Å². The molecule has 1 aliphatic carbocycles. The third kappa shape index (κ3) is 3.44. The number of hydrogen-bond donors (Lipinski definition) is 1. The number of benzene rings is 3. The number of nitrogens with zero attached hydrogens (tertiary/aromatic N) is 2. The SMILES string of the molecule is COc1ccc([C@@H]2C3=C(N=c4s/c(=C\c5c(C)[nH]c6ccccc56)c(=O)n42)c2ccccc2CC3)cc1. The van der Waals surface area contributed by atoms with E-state index in [1.54, 1.807) is 7.11 Å². The van der Waals surface area contributed by atoms with Crippen molar-refractivity contribution in [2.75, 3.05) is 7.11 Å². The standard InChI is InChI=1S/C31H25N3O2S/c1-18-25(23-9-5-6-10-26(23)32-18)17-27-30(35)34-29(20-11-14-21(36-2)15-12-20)24-16-13-19-7-3-4-8-22(19)28(24)33-31(34)37-27/h3-12,14-15,17,29,32H,13,16H2,1-2H3/b27-17-/t29-/m1/s1. The van der Waals surface area contributed by atoms with Gasteiger partial charge in [-0.1, -0.05) is 65.9 Å². The molecular formula is C31H25N3O2S. The van der Waals surface area contributed by atoms with E-state index in [2.05, 4.69) is 60.4 Å². The average molecular weight is 504 g/mol. The van der Waals surface area contributed by atoms with E-state index in [-0.39, 0.29) is 11.6 Å². The second-order valence-corrected chi connectivity index (χ2v) is 10.6. The predicted molar refractivity (Wildman–Crippen MR) is 149 cm³/mol. The molecule has 0 fully saturated rings. The first-order valence-electron chi connectivity index (χ1n) is 12.5. The van der Waals surface area contributed by atoms with Crippen LogP contribution in [0.2, 0.25) is 0 Å². The quantitative estimate of drug-likeness (QED) is 0.372. The summed E-state index contributed by atoms with van der Waals surface area (Å²) in [5, 5.41) is 1.12. The Morgan fingerprint density at radius 2 is 1.81 bits per heavy atom. The van der Waals surface area contributed by atoms with E-state index in [0.717, 1.165) is 56.8 Å². The number of aromatic nitrogens is 2. The van der Waals surface area contributed by atoms with Crippen LogP contribution in [0.15, 0.2) is 88.2 Å². The number of nitrogens with one attached hydrogen (secondary N) is 1. The lowest BCUT2D eigenvalue weighted by molar-refractivity contribution is 0.414. The van der Waals surface area contributed by atoms with Gasteiger partial charge in [0.15, 0.2) is 4.80 Å². The Morgan fingerprint density at radius 3 is 2.65 bits per heavy atom. The Labute approximate surface area is 217 Å². The second-order valence-electron chi connectivity index (χ2n) is 9.60. The molecule has 0 unspecified atom stereocenters. The van der Waals surface area contributed by atoms with E-state index in [1.807, 2.05) is 34.9 Å². The number of allylic oxidation sites excluding steroid dienone is 1. The van der Waals surface area contributed by atoms with Crippen LogP contribution < -0.4 is 19.6 Å². The molecule has 7 rings (SSSR count). The fourth-order valence-electron chi connectivity index (χ4n) is 5.72. The maximum absolute atomic E-state index is 14.0. The summed E-state index contributed by atoms with van der Waals surface area (Å²) < 4.78 is 8.00. The molecular weight excluding hydrogens is 478 g/mol. The number of aromatic amines is 1. The minimum absolute atomic E-state index is 0.000317. The molecule has 5 aromatic rings. The van der Waals surface area contributed by atoms with Gasteiger partial charge in [0.05, 0.1) is 23.4 Å². The summed E-state index contributed by atoms with van der Waals surface area (Å²) in [5.74, 6) is 0.800. The van der Waals surface area contributed by atoms with Gasteiger partial charge >= 0.3 is 0 Å². The summed E-state index contributed by atoms with van der Waals surface area (Å²) in [6.45, 7) is 2.05. The van der Waals surface area contributed by atoms with Crippen LogP contribution in [0.3, 0.4) is 0 Å². The van der Waals surface area contributed by atoms with Gasteiger partial charge in [0.2, 0.25) is 0 Å². The molecule has 0 radical (unpaired) electrons. The highest BCUT2D eigenvalue weighted by molar-refractivity contribution is 7.07. The normalized spacial score (nSPS) is 16.8. The van der Waals surface area contributed by atoms with Gasteiger partial charge < -0.3 is 9.72 Å². The van der Waals surface area contributed by atoms with Gasteiger partial charge in [0.1, 0.15) is 5.75 Å². The number of aryl methyl sites for hydroxylation is 2. The van der Waals surface area contributed by atoms with Gasteiger partial charge in [-0.3, -0.25) is 9.36 Å². The summed E-state index contributed by atoms with van der Waals surface area (Å²) in [6.07, 6.45) is 3.84. The number of thiazole rings is 1. The van der Waals surface area contributed by atoms with Gasteiger partial charge in [0.25, 0.3) is 5.56 Å². The van der Waals surface area contributed by atoms with E-state index in [4.69, 9.17) is 9.73 Å². The Hall–Kier alpha value is -4.16. The molecule has 0 bridgehead atoms. The van der Waals surface area contributed by atoms with Crippen LogP contribution in [-0.4, -0.2) is 16.7 Å². The molecule has 3 aromatic carbocycles. The Morgan fingerprint density at radius 1 is 1.03 bits per heavy atom. The van der Waals surface area contributed by atoms with Gasteiger partial charge in [-0.15, -0.1) is 0 Å². The van der Waals surface area contributed by atoms with Gasteiger partial charge in [-0.05, 0) is 60.7 Å². The molecule has 0 spiro atoms. The summed E-state index contributed by atoms with van der Waals surface area (Å²) in [5.41, 5.74) is 8.94. The van der Waals surface area contributed by atoms with Crippen LogP contribution in [0.4, 0.5) is 0 Å². The van der Waals surface area contributed by atoms with Crippen molar-refractivity contribution < 1.29 is 4.74 Å². The van der Waals surface area contributed by atoms with E-state index >= 15 is 0 Å². The molecule has 1 N–H and O–H groups in total. The number of para-hydroxylation sites is 1. The number of hydrogen-bond acceptors (Lipinski definition) is 4. The van der Waals surface area contributed by atoms with Crippen molar-refractivity contribution in [2.45, 2.75) is 25.8 Å². The zero-order valence-electron chi connectivity index (χ0n) is 20.6. The molecule has 182 valence electrons. The summed E-state index contributed by atoms with van der Waals surface area (Å²) in [4.78, 5) is 23.3. The molecule has 1 aliphatic heterocycles. The van der Waals surface area contributed by atoms with Crippen LogP contribution in [0, 0.1) is 6.92 Å². The third-order valence-corrected chi connectivity index (χ3v) is 8.51. The third-order valence-electron chi connectivity index (χ3n) is 7.52. The maximum Gasteiger partial charge on any atom is 0.271 e. The highest BCUT2D eigenvalue weighted by Gasteiger charge is 2.32. The largest absolute Gasteiger partial charge is 0.497 e. The first-order chi connectivity index (χ1) is 18.1. The van der Waals surface area contributed by atoms with Crippen LogP contribution in [0.1, 0.15) is 40.4 Å². The molecule has 2 aliphatic rings. The second kappa shape index (κ2) is 8.46. The van der Waals surface area contributed by atoms with Crippen LogP contribution in [-0.2, 0) is 6.42 Å². The van der Waals surface area contributed by atoms with E-state index in [1.165, 1.54) is 28.0 Å². The van der Waals surface area contributed by atoms with Crippen LogP contribution in [0.25, 0.3) is 22.7 Å². The zero-order chi connectivity index (χ0) is 25.1. The summed E-state index contributed by atoms with van der Waals surface area (Å²) >= 11 is 1.47. The van der Waals surface area contributed by atoms with Crippen molar-refractivity contribution in [3.05, 3.63) is 126 Å². The maximum atomic E-state index is 14.0. The first kappa shape index (κ1) is 22.1. The summed E-state index contributed by atoms with van der Waals surface area (Å²) in [7, 11) is 1.67. The number of rotatable bonds is 3. The van der Waals surface area contributed by atoms with E-state index in [0.29, 0.717) is 4.53 Å². The molecule has 5 nitrogen and oxygen atoms in total. The van der Waals surface area contributed by atoms with Crippen LogP contribution in [0.5, 0.6) is 5.75 Å². The summed E-state index contributed by atoms with van der Waals surface area (Å²) in [6, 6.07) is 24.6. The average Bonchev–Trinajstić information content (AvgIpc) is 3.42. The first-order valence-corrected chi connectivity index (χ1v) is 13.3. The molecule has 0 saturated heterocycles. The molecule has 37 heavy (non-hydrogen) atoms. The Kier molecular flexibility index (Phi) is 5.04. The lowest BCUT2D eigenvalue weighted by atomic mass is 9.83. The molecule has 3 heterocycles. The predicted octanol–water partition coefficient (Wildman–Crippen LogP) is 5.12. The smallest absolute Gasteiger partial charge is 0.271 e. The Bertz CT molecular complexity index is 1900. The van der Waals surface area contributed by atoms with Crippen molar-refractivity contribution >= 4 is 34.0 Å². The van der Waals surface area contributed by atoms with E-state index in [9.17, 15) is 4.79 Å². The van der Waals surface area contributed by atoms with Gasteiger partial charge in [-0.2, -0.15) is 0 Å². The zero-order valence-corrected chi connectivity index (χ0v) is 21.4. The Balaban J connectivity index is 1.50. The monoisotopic (exact) mass is 503 g/mol. The fourth-order valence-corrected chi connectivity index (χ4v) is 6.71. The topological polar surface area (TPSA) is 59.4 Å². The van der Waals surface area contributed by atoms with Crippen molar-refractivity contribution in [3.8, 4) is 5.75 Å². The minimum Gasteiger partial charge on any atom is -0.497 e. The molecule has 6 heteroatoms. The van der Waals surface area contributed by atoms with E-state index < -0.39 is 0 Å². The van der Waals surface area contributed by atoms with Crippen molar-refractivity contribution in [2.24, 2.45) is 4.99 Å². The lowest BCUT2D eigenvalue weighted by Crippen LogP contribution is -2.38. The van der Waals surface area contributed by atoms with Crippen LogP contribution >= 0.6 is 11.3 Å². The van der Waals surface area contributed by atoms with Crippen molar-refractivity contribution in [1.29, 1.82) is 0 Å². The molecule has 0 saturated carbocycles. The van der Waals surface area contributed by atoms with Crippen molar-refractivity contribution in [1.82, 2.24) is 9.55 Å². The molecule has 2 aromatic heterocycles. The fraction of sp³-hybridized carbons (Fsp3) is 0.161. The van der Waals surface area contributed by atoms with Gasteiger partial charge in [-0.25, -0.2) is 4.99 Å². The van der Waals surface area contributed by atoms with Crippen molar-refractivity contribution in [3.63, 3.8) is 0 Å². The highest BCUT2D eigenvalue weighted by atomic mass is 32.1. The highest BCUT2D eigenvalue weighted by Crippen LogP contribution is 2.41. The lowest BCUT2D eigenvalue weighted by Gasteiger charge is -2.30. The number of methoxy groups -OCH3 is 1. The molecule has 1 atom stereocenters. The number of ether oxygens (including phenoxy) is 1. The number of H-pyrrole nitrogens is 1. The number of fused-ring (bicyclic) bond motifs is 4.